The van der Waals surface area contributed by atoms with Crippen LogP contribution in [-0.2, 0) is 20.9 Å². The number of benzene rings is 1. The summed E-state index contributed by atoms with van der Waals surface area (Å²) in [6.07, 6.45) is 4.68. The van der Waals surface area contributed by atoms with Gasteiger partial charge < -0.3 is 15.0 Å². The number of rotatable bonds is 6. The first-order valence-corrected chi connectivity index (χ1v) is 10.1. The predicted octanol–water partition coefficient (Wildman–Crippen LogP) is 3.03. The molecule has 1 aromatic rings. The van der Waals surface area contributed by atoms with Crippen molar-refractivity contribution in [2.24, 2.45) is 11.8 Å². The molecule has 0 unspecified atom stereocenters. The van der Waals surface area contributed by atoms with Gasteiger partial charge in [-0.2, -0.15) is 0 Å². The van der Waals surface area contributed by atoms with Gasteiger partial charge in [0.25, 0.3) is 0 Å². The summed E-state index contributed by atoms with van der Waals surface area (Å²) in [5, 5.41) is 2.75. The summed E-state index contributed by atoms with van der Waals surface area (Å²) in [6.45, 7) is 3.01. The zero-order chi connectivity index (χ0) is 19.9. The fourth-order valence-corrected chi connectivity index (χ4v) is 3.98. The Kier molecular flexibility index (Phi) is 7.36. The maximum atomic E-state index is 13.2. The molecule has 1 atom stereocenters. The molecule has 2 aliphatic heterocycles. The first-order chi connectivity index (χ1) is 13.5. The highest BCUT2D eigenvalue weighted by Gasteiger charge is 2.30. The van der Waals surface area contributed by atoms with Gasteiger partial charge in [0, 0.05) is 45.2 Å². The van der Waals surface area contributed by atoms with E-state index in [-0.39, 0.29) is 24.3 Å². The van der Waals surface area contributed by atoms with Crippen LogP contribution >= 0.6 is 0 Å². The van der Waals surface area contributed by atoms with Gasteiger partial charge in [0.05, 0.1) is 0 Å². The molecule has 28 heavy (non-hydrogen) atoms. The standard InChI is InChI=1S/C21H28F2N2O3/c22-18-5-3-16(12-19(18)23)13-24-20(26)6-4-15-2-1-9-25(14-15)21(27)17-7-10-28-11-8-17/h3,5,12,15,17H,1-2,4,6-11,13-14H2,(H,24,26)/t15-/m1/s1. The molecule has 0 radical (unpaired) electrons. The molecule has 7 heteroatoms. The zero-order valence-corrected chi connectivity index (χ0v) is 16.1. The second-order valence-corrected chi connectivity index (χ2v) is 7.74. The van der Waals surface area contributed by atoms with E-state index < -0.39 is 11.6 Å². The van der Waals surface area contributed by atoms with Crippen LogP contribution in [0, 0.1) is 23.5 Å². The highest BCUT2D eigenvalue weighted by atomic mass is 19.2. The average Bonchev–Trinajstić information content (AvgIpc) is 2.73. The maximum absolute atomic E-state index is 13.2. The zero-order valence-electron chi connectivity index (χ0n) is 16.1. The molecule has 0 aliphatic carbocycles. The number of carbonyl (C=O) groups excluding carboxylic acids is 2. The molecule has 2 heterocycles. The number of amides is 2. The summed E-state index contributed by atoms with van der Waals surface area (Å²) in [5.74, 6) is -1.29. The summed E-state index contributed by atoms with van der Waals surface area (Å²) in [5.41, 5.74) is 0.526. The van der Waals surface area contributed by atoms with Crippen LogP contribution in [0.2, 0.25) is 0 Å². The number of halogens is 2. The third-order valence-corrected chi connectivity index (χ3v) is 5.65. The lowest BCUT2D eigenvalue weighted by atomic mass is 9.91. The van der Waals surface area contributed by atoms with E-state index in [2.05, 4.69) is 5.32 Å². The van der Waals surface area contributed by atoms with E-state index in [0.717, 1.165) is 50.8 Å². The second-order valence-electron chi connectivity index (χ2n) is 7.74. The van der Waals surface area contributed by atoms with Crippen molar-refractivity contribution < 1.29 is 23.1 Å². The topological polar surface area (TPSA) is 58.6 Å². The van der Waals surface area contributed by atoms with Gasteiger partial charge in [-0.05, 0) is 55.7 Å². The summed E-state index contributed by atoms with van der Waals surface area (Å²) >= 11 is 0. The number of hydrogen-bond acceptors (Lipinski definition) is 3. The van der Waals surface area contributed by atoms with Crippen molar-refractivity contribution in [2.75, 3.05) is 26.3 Å². The van der Waals surface area contributed by atoms with Gasteiger partial charge in [0.15, 0.2) is 11.6 Å². The molecule has 2 aliphatic rings. The number of nitrogens with zero attached hydrogens (tertiary/aromatic N) is 1. The minimum atomic E-state index is -0.914. The van der Waals surface area contributed by atoms with Crippen molar-refractivity contribution in [1.29, 1.82) is 0 Å². The van der Waals surface area contributed by atoms with E-state index in [0.29, 0.717) is 37.7 Å². The fraction of sp³-hybridized carbons (Fsp3) is 0.619. The lowest BCUT2D eigenvalue weighted by Gasteiger charge is -2.36. The fourth-order valence-electron chi connectivity index (χ4n) is 3.98. The van der Waals surface area contributed by atoms with E-state index in [9.17, 15) is 18.4 Å². The Labute approximate surface area is 164 Å². The van der Waals surface area contributed by atoms with Crippen LogP contribution in [0.1, 0.15) is 44.1 Å². The van der Waals surface area contributed by atoms with E-state index in [1.165, 1.54) is 6.07 Å². The van der Waals surface area contributed by atoms with Crippen molar-refractivity contribution >= 4 is 11.8 Å². The number of hydrogen-bond donors (Lipinski definition) is 1. The SMILES string of the molecule is O=C(CC[C@H]1CCCN(C(=O)C2CCOCC2)C1)NCc1ccc(F)c(F)c1. The smallest absolute Gasteiger partial charge is 0.225 e. The molecular formula is C21H28F2N2O3. The molecule has 154 valence electrons. The van der Waals surface area contributed by atoms with Crippen molar-refractivity contribution in [1.82, 2.24) is 10.2 Å². The molecule has 3 rings (SSSR count). The quantitative estimate of drug-likeness (QED) is 0.807. The van der Waals surface area contributed by atoms with Crippen LogP contribution in [-0.4, -0.2) is 43.0 Å². The third kappa shape index (κ3) is 5.74. The summed E-state index contributed by atoms with van der Waals surface area (Å²) in [7, 11) is 0. The Bertz CT molecular complexity index is 692. The monoisotopic (exact) mass is 394 g/mol. The molecule has 1 aromatic carbocycles. The maximum Gasteiger partial charge on any atom is 0.225 e. The number of piperidine rings is 1. The van der Waals surface area contributed by atoms with Gasteiger partial charge in [-0.1, -0.05) is 6.07 Å². The summed E-state index contributed by atoms with van der Waals surface area (Å²) < 4.78 is 31.5. The van der Waals surface area contributed by atoms with Crippen LogP contribution < -0.4 is 5.32 Å². The number of nitrogens with one attached hydrogen (secondary N) is 1. The van der Waals surface area contributed by atoms with Crippen molar-refractivity contribution in [3.63, 3.8) is 0 Å². The molecule has 5 nitrogen and oxygen atoms in total. The first-order valence-electron chi connectivity index (χ1n) is 10.1. The van der Waals surface area contributed by atoms with Crippen LogP contribution in [0.25, 0.3) is 0 Å². The Hall–Kier alpha value is -2.02. The van der Waals surface area contributed by atoms with Crippen LogP contribution in [0.3, 0.4) is 0 Å². The van der Waals surface area contributed by atoms with Gasteiger partial charge in [0.1, 0.15) is 0 Å². The van der Waals surface area contributed by atoms with Gasteiger partial charge in [-0.15, -0.1) is 0 Å². The van der Waals surface area contributed by atoms with Crippen LogP contribution in [0.4, 0.5) is 8.78 Å². The minimum absolute atomic E-state index is 0.0758. The van der Waals surface area contributed by atoms with Crippen molar-refractivity contribution in [3.05, 3.63) is 35.4 Å². The molecule has 0 aromatic heterocycles. The second kappa shape index (κ2) is 9.96. The molecular weight excluding hydrogens is 366 g/mol. The Morgan fingerprint density at radius 2 is 1.93 bits per heavy atom. The van der Waals surface area contributed by atoms with Crippen molar-refractivity contribution in [2.45, 2.75) is 45.1 Å². The Morgan fingerprint density at radius 1 is 1.14 bits per heavy atom. The Morgan fingerprint density at radius 3 is 2.68 bits per heavy atom. The largest absolute Gasteiger partial charge is 0.381 e. The molecule has 0 saturated carbocycles. The molecule has 0 bridgehead atoms. The highest BCUT2D eigenvalue weighted by Crippen LogP contribution is 2.25. The van der Waals surface area contributed by atoms with Gasteiger partial charge in [-0.25, -0.2) is 8.78 Å². The van der Waals surface area contributed by atoms with Gasteiger partial charge >= 0.3 is 0 Å². The molecule has 1 N–H and O–H groups in total. The van der Waals surface area contributed by atoms with E-state index >= 15 is 0 Å². The van der Waals surface area contributed by atoms with Gasteiger partial charge in [0.2, 0.25) is 11.8 Å². The molecule has 2 fully saturated rings. The third-order valence-electron chi connectivity index (χ3n) is 5.65. The number of ether oxygens (including phenoxy) is 1. The summed E-state index contributed by atoms with van der Waals surface area (Å²) in [6, 6.07) is 3.61. The molecule has 2 amide bonds. The van der Waals surface area contributed by atoms with E-state index in [1.807, 2.05) is 4.90 Å². The molecule has 2 saturated heterocycles. The van der Waals surface area contributed by atoms with Gasteiger partial charge in [-0.3, -0.25) is 9.59 Å². The van der Waals surface area contributed by atoms with Crippen molar-refractivity contribution in [3.8, 4) is 0 Å². The average molecular weight is 394 g/mol. The van der Waals surface area contributed by atoms with E-state index in [4.69, 9.17) is 4.74 Å². The Balaban J connectivity index is 1.40. The number of likely N-dealkylation sites (tertiary alicyclic amines) is 1. The van der Waals surface area contributed by atoms with E-state index in [1.54, 1.807) is 0 Å². The normalized spacial score (nSPS) is 20.8. The van der Waals surface area contributed by atoms with Crippen LogP contribution in [0.5, 0.6) is 0 Å². The lowest BCUT2D eigenvalue weighted by molar-refractivity contribution is -0.140. The minimum Gasteiger partial charge on any atom is -0.381 e. The first kappa shape index (κ1) is 20.7. The number of carbonyl (C=O) groups is 2. The lowest BCUT2D eigenvalue weighted by Crippen LogP contribution is -2.44. The highest BCUT2D eigenvalue weighted by molar-refractivity contribution is 5.79. The predicted molar refractivity (Wildman–Crippen MR) is 100 cm³/mol. The van der Waals surface area contributed by atoms with Crippen LogP contribution in [0.15, 0.2) is 18.2 Å². The summed E-state index contributed by atoms with van der Waals surface area (Å²) in [4.78, 5) is 26.7. The molecule has 0 spiro atoms.